The lowest BCUT2D eigenvalue weighted by Crippen LogP contribution is -2.15. The molecule has 0 bridgehead atoms. The Morgan fingerprint density at radius 1 is 1.35 bits per heavy atom. The summed E-state index contributed by atoms with van der Waals surface area (Å²) in [7, 11) is 0. The number of nitrogens with zero attached hydrogens (tertiary/aromatic N) is 1. The standard InChI is InChI=1S/C13H14BrN3/c14-10-3-1-2-9(6-10)13-7-12(16-17-13)8-15-11-4-5-11/h1-3,6-7,11,15H,4-5,8H2,(H,16,17). The van der Waals surface area contributed by atoms with Crippen LogP contribution in [0.25, 0.3) is 11.3 Å². The number of aromatic nitrogens is 2. The average molecular weight is 292 g/mol. The Labute approximate surface area is 109 Å². The Kier molecular flexibility index (Phi) is 2.99. The Morgan fingerprint density at radius 2 is 2.24 bits per heavy atom. The molecule has 0 atom stereocenters. The van der Waals surface area contributed by atoms with Gasteiger partial charge in [-0.25, -0.2) is 0 Å². The molecule has 1 saturated carbocycles. The van der Waals surface area contributed by atoms with E-state index in [1.807, 2.05) is 12.1 Å². The van der Waals surface area contributed by atoms with Crippen LogP contribution in [0.4, 0.5) is 0 Å². The van der Waals surface area contributed by atoms with Crippen molar-refractivity contribution in [1.82, 2.24) is 15.5 Å². The molecule has 0 aliphatic heterocycles. The molecule has 1 aliphatic carbocycles. The van der Waals surface area contributed by atoms with Gasteiger partial charge in [-0.2, -0.15) is 5.10 Å². The van der Waals surface area contributed by atoms with Gasteiger partial charge >= 0.3 is 0 Å². The predicted molar refractivity (Wildman–Crippen MR) is 71.6 cm³/mol. The molecule has 2 N–H and O–H groups in total. The van der Waals surface area contributed by atoms with Crippen LogP contribution < -0.4 is 5.32 Å². The van der Waals surface area contributed by atoms with E-state index in [0.717, 1.165) is 34.0 Å². The Balaban J connectivity index is 1.74. The molecule has 4 heteroatoms. The Bertz CT molecular complexity index is 517. The van der Waals surface area contributed by atoms with Gasteiger partial charge in [0.1, 0.15) is 0 Å². The number of nitrogens with one attached hydrogen (secondary N) is 2. The summed E-state index contributed by atoms with van der Waals surface area (Å²) >= 11 is 3.47. The van der Waals surface area contributed by atoms with Gasteiger partial charge in [0.25, 0.3) is 0 Å². The fourth-order valence-corrected chi connectivity index (χ4v) is 2.19. The zero-order valence-corrected chi connectivity index (χ0v) is 11.0. The smallest absolute Gasteiger partial charge is 0.0924 e. The number of hydrogen-bond acceptors (Lipinski definition) is 2. The topological polar surface area (TPSA) is 40.7 Å². The third-order valence-electron chi connectivity index (χ3n) is 2.91. The molecule has 0 saturated heterocycles. The highest BCUT2D eigenvalue weighted by Gasteiger charge is 2.20. The van der Waals surface area contributed by atoms with Crippen molar-refractivity contribution in [3.63, 3.8) is 0 Å². The van der Waals surface area contributed by atoms with Crippen LogP contribution >= 0.6 is 15.9 Å². The van der Waals surface area contributed by atoms with Crippen molar-refractivity contribution in [2.24, 2.45) is 0 Å². The molecule has 0 unspecified atom stereocenters. The van der Waals surface area contributed by atoms with E-state index in [4.69, 9.17) is 0 Å². The molecule has 17 heavy (non-hydrogen) atoms. The molecule has 1 aromatic carbocycles. The van der Waals surface area contributed by atoms with Gasteiger partial charge in [0.2, 0.25) is 0 Å². The summed E-state index contributed by atoms with van der Waals surface area (Å²) in [6.07, 6.45) is 2.62. The first-order valence-electron chi connectivity index (χ1n) is 5.85. The Morgan fingerprint density at radius 3 is 3.00 bits per heavy atom. The van der Waals surface area contributed by atoms with Crippen LogP contribution in [-0.4, -0.2) is 16.2 Å². The molecule has 1 aliphatic rings. The third-order valence-corrected chi connectivity index (χ3v) is 3.40. The average Bonchev–Trinajstić information content (AvgIpc) is 3.04. The van der Waals surface area contributed by atoms with Gasteiger partial charge in [-0.05, 0) is 31.0 Å². The van der Waals surface area contributed by atoms with E-state index < -0.39 is 0 Å². The number of H-pyrrole nitrogens is 1. The minimum Gasteiger partial charge on any atom is -0.308 e. The van der Waals surface area contributed by atoms with Crippen LogP contribution in [0.2, 0.25) is 0 Å². The van der Waals surface area contributed by atoms with Gasteiger partial charge in [-0.3, -0.25) is 5.10 Å². The maximum absolute atomic E-state index is 4.34. The van der Waals surface area contributed by atoms with Crippen molar-refractivity contribution in [2.75, 3.05) is 0 Å². The number of aromatic amines is 1. The number of benzene rings is 1. The van der Waals surface area contributed by atoms with Crippen LogP contribution in [0.15, 0.2) is 34.8 Å². The number of rotatable bonds is 4. The lowest BCUT2D eigenvalue weighted by atomic mass is 10.1. The van der Waals surface area contributed by atoms with E-state index in [-0.39, 0.29) is 0 Å². The lowest BCUT2D eigenvalue weighted by molar-refractivity contribution is 0.672. The largest absolute Gasteiger partial charge is 0.308 e. The van der Waals surface area contributed by atoms with Gasteiger partial charge in [0, 0.05) is 28.3 Å². The van der Waals surface area contributed by atoms with Gasteiger partial charge in [-0.1, -0.05) is 28.1 Å². The van der Waals surface area contributed by atoms with Crippen LogP contribution in [0, 0.1) is 0 Å². The molecule has 1 fully saturated rings. The first kappa shape index (κ1) is 11.0. The minimum atomic E-state index is 0.729. The number of hydrogen-bond donors (Lipinski definition) is 2. The Hall–Kier alpha value is -1.13. The highest BCUT2D eigenvalue weighted by atomic mass is 79.9. The molecular weight excluding hydrogens is 278 g/mol. The van der Waals surface area contributed by atoms with Gasteiger partial charge in [0.15, 0.2) is 0 Å². The van der Waals surface area contributed by atoms with Crippen molar-refractivity contribution < 1.29 is 0 Å². The van der Waals surface area contributed by atoms with Crippen LogP contribution in [-0.2, 0) is 6.54 Å². The van der Waals surface area contributed by atoms with E-state index in [9.17, 15) is 0 Å². The molecule has 3 nitrogen and oxygen atoms in total. The second-order valence-electron chi connectivity index (χ2n) is 4.44. The second kappa shape index (κ2) is 4.63. The lowest BCUT2D eigenvalue weighted by Gasteiger charge is -1.98. The zero-order chi connectivity index (χ0) is 11.7. The van der Waals surface area contributed by atoms with E-state index in [1.54, 1.807) is 0 Å². The SMILES string of the molecule is Brc1cccc(-c2cc(CNC3CC3)[nH]n2)c1. The van der Waals surface area contributed by atoms with Crippen molar-refractivity contribution in [3.05, 3.63) is 40.5 Å². The van der Waals surface area contributed by atoms with E-state index in [2.05, 4.69) is 49.6 Å². The van der Waals surface area contributed by atoms with E-state index in [0.29, 0.717) is 0 Å². The second-order valence-corrected chi connectivity index (χ2v) is 5.36. The van der Waals surface area contributed by atoms with Gasteiger partial charge in [0.05, 0.1) is 5.69 Å². The maximum Gasteiger partial charge on any atom is 0.0924 e. The highest BCUT2D eigenvalue weighted by molar-refractivity contribution is 9.10. The molecule has 0 spiro atoms. The summed E-state index contributed by atoms with van der Waals surface area (Å²) in [5, 5.41) is 10.9. The van der Waals surface area contributed by atoms with E-state index in [1.165, 1.54) is 12.8 Å². The van der Waals surface area contributed by atoms with Gasteiger partial charge < -0.3 is 5.32 Å². The third kappa shape index (κ3) is 2.76. The van der Waals surface area contributed by atoms with Crippen molar-refractivity contribution in [2.45, 2.75) is 25.4 Å². The molecule has 0 amide bonds. The summed E-state index contributed by atoms with van der Waals surface area (Å²) in [6.45, 7) is 0.881. The van der Waals surface area contributed by atoms with Crippen molar-refractivity contribution in [1.29, 1.82) is 0 Å². The fourth-order valence-electron chi connectivity index (χ4n) is 1.79. The fraction of sp³-hybridized carbons (Fsp3) is 0.308. The zero-order valence-electron chi connectivity index (χ0n) is 9.41. The molecular formula is C13H14BrN3. The van der Waals surface area contributed by atoms with Gasteiger partial charge in [-0.15, -0.1) is 0 Å². The first-order chi connectivity index (χ1) is 8.31. The highest BCUT2D eigenvalue weighted by Crippen LogP contribution is 2.22. The molecule has 0 radical (unpaired) electrons. The van der Waals surface area contributed by atoms with Crippen molar-refractivity contribution in [3.8, 4) is 11.3 Å². The maximum atomic E-state index is 4.34. The monoisotopic (exact) mass is 291 g/mol. The van der Waals surface area contributed by atoms with E-state index >= 15 is 0 Å². The normalized spacial score (nSPS) is 15.1. The van der Waals surface area contributed by atoms with Crippen LogP contribution in [0.5, 0.6) is 0 Å². The summed E-state index contributed by atoms with van der Waals surface area (Å²) in [6, 6.07) is 11.0. The summed E-state index contributed by atoms with van der Waals surface area (Å²) in [4.78, 5) is 0. The first-order valence-corrected chi connectivity index (χ1v) is 6.64. The van der Waals surface area contributed by atoms with Crippen LogP contribution in [0.1, 0.15) is 18.5 Å². The predicted octanol–water partition coefficient (Wildman–Crippen LogP) is 3.09. The molecule has 1 heterocycles. The molecule has 88 valence electrons. The van der Waals surface area contributed by atoms with Crippen molar-refractivity contribution >= 4 is 15.9 Å². The summed E-state index contributed by atoms with van der Waals surface area (Å²) in [5.74, 6) is 0. The number of halogens is 1. The minimum absolute atomic E-state index is 0.729. The quantitative estimate of drug-likeness (QED) is 0.909. The molecule has 3 rings (SSSR count). The van der Waals surface area contributed by atoms with Crippen LogP contribution in [0.3, 0.4) is 0 Å². The molecule has 2 aromatic rings. The summed E-state index contributed by atoms with van der Waals surface area (Å²) < 4.78 is 1.08. The summed E-state index contributed by atoms with van der Waals surface area (Å²) in [5.41, 5.74) is 3.28. The molecule has 1 aromatic heterocycles.